The highest BCUT2D eigenvalue weighted by atomic mass is 35.5. The highest BCUT2D eigenvalue weighted by molar-refractivity contribution is 6.39. The van der Waals surface area contributed by atoms with Crippen molar-refractivity contribution < 1.29 is 14.3 Å². The molecule has 0 bridgehead atoms. The van der Waals surface area contributed by atoms with Crippen LogP contribution in [0.5, 0.6) is 17.2 Å². The van der Waals surface area contributed by atoms with Gasteiger partial charge in [0.05, 0.1) is 22.7 Å². The molecule has 0 radical (unpaired) electrons. The molecule has 4 aromatic rings. The van der Waals surface area contributed by atoms with E-state index in [1.165, 1.54) is 0 Å². The van der Waals surface area contributed by atoms with Crippen molar-refractivity contribution in [1.82, 2.24) is 4.98 Å². The van der Waals surface area contributed by atoms with Crippen LogP contribution >= 0.6 is 23.2 Å². The van der Waals surface area contributed by atoms with Crippen molar-refractivity contribution in [3.8, 4) is 17.2 Å². The second-order valence-corrected chi connectivity index (χ2v) is 8.54. The van der Waals surface area contributed by atoms with Crippen LogP contribution in [-0.4, -0.2) is 18.0 Å². The molecule has 33 heavy (non-hydrogen) atoms. The lowest BCUT2D eigenvalue weighted by Crippen LogP contribution is -2.13. The molecule has 0 aliphatic heterocycles. The number of pyridine rings is 1. The molecule has 0 fully saturated rings. The van der Waals surface area contributed by atoms with E-state index in [0.717, 1.165) is 22.1 Å². The van der Waals surface area contributed by atoms with E-state index in [9.17, 15) is 4.79 Å². The predicted octanol–water partition coefficient (Wildman–Crippen LogP) is 7.72. The first-order valence-corrected chi connectivity index (χ1v) is 11.1. The van der Waals surface area contributed by atoms with E-state index in [1.54, 1.807) is 37.7 Å². The first kappa shape index (κ1) is 22.9. The molecule has 5 nitrogen and oxygen atoms in total. The summed E-state index contributed by atoms with van der Waals surface area (Å²) in [6.45, 7) is 4.13. The van der Waals surface area contributed by atoms with Crippen molar-refractivity contribution in [3.05, 3.63) is 88.2 Å². The van der Waals surface area contributed by atoms with Crippen molar-refractivity contribution in [2.24, 2.45) is 0 Å². The van der Waals surface area contributed by atoms with Crippen LogP contribution in [0.25, 0.3) is 10.8 Å². The Hall–Kier alpha value is -3.28. The van der Waals surface area contributed by atoms with Crippen LogP contribution in [0.4, 0.5) is 5.69 Å². The topological polar surface area (TPSA) is 60.5 Å². The zero-order valence-electron chi connectivity index (χ0n) is 18.4. The second kappa shape index (κ2) is 9.69. The summed E-state index contributed by atoms with van der Waals surface area (Å²) in [6.07, 6.45) is 3.42. The fourth-order valence-corrected chi connectivity index (χ4v) is 4.10. The van der Waals surface area contributed by atoms with E-state index >= 15 is 0 Å². The smallest absolute Gasteiger partial charge is 0.257 e. The minimum Gasteiger partial charge on any atom is -0.496 e. The lowest BCUT2D eigenvalue weighted by atomic mass is 10.0. The Labute approximate surface area is 202 Å². The fourth-order valence-electron chi connectivity index (χ4n) is 3.57. The van der Waals surface area contributed by atoms with Gasteiger partial charge in [0.2, 0.25) is 0 Å². The third kappa shape index (κ3) is 4.75. The normalized spacial score (nSPS) is 11.0. The van der Waals surface area contributed by atoms with E-state index in [0.29, 0.717) is 16.5 Å². The number of methoxy groups -OCH3 is 1. The Morgan fingerprint density at radius 2 is 1.88 bits per heavy atom. The van der Waals surface area contributed by atoms with Crippen LogP contribution in [0.3, 0.4) is 0 Å². The third-order valence-electron chi connectivity index (χ3n) is 5.27. The summed E-state index contributed by atoms with van der Waals surface area (Å²) < 4.78 is 11.5. The first-order chi connectivity index (χ1) is 15.9. The standard InChI is InChI=1S/C26H22Cl2N2O3/c1-15(2)20-13-17(7-10-23(20)32-3)33-25-21(27)9-8-19(24(25)28)26(31)30-22-6-4-5-16-14-29-12-11-18(16)22/h4-15H,1-3H3,(H,30,31). The molecular formula is C26H22Cl2N2O3. The molecule has 0 atom stereocenters. The number of hydrogen-bond donors (Lipinski definition) is 1. The summed E-state index contributed by atoms with van der Waals surface area (Å²) in [5, 5.41) is 5.15. The third-order valence-corrected chi connectivity index (χ3v) is 5.94. The van der Waals surface area contributed by atoms with Crippen molar-refractivity contribution >= 4 is 45.6 Å². The Morgan fingerprint density at radius 1 is 1.06 bits per heavy atom. The highest BCUT2D eigenvalue weighted by Crippen LogP contribution is 2.40. The van der Waals surface area contributed by atoms with E-state index < -0.39 is 0 Å². The van der Waals surface area contributed by atoms with Gasteiger partial charge in [-0.3, -0.25) is 9.78 Å². The maximum atomic E-state index is 13.1. The molecule has 0 aliphatic rings. The summed E-state index contributed by atoms with van der Waals surface area (Å²) >= 11 is 13.0. The Morgan fingerprint density at radius 3 is 2.64 bits per heavy atom. The Balaban J connectivity index is 1.66. The van der Waals surface area contributed by atoms with Gasteiger partial charge in [-0.05, 0) is 48.4 Å². The SMILES string of the molecule is COc1ccc(Oc2c(Cl)ccc(C(=O)Nc3cccc4cnccc34)c2Cl)cc1C(C)C. The molecular weight excluding hydrogens is 459 g/mol. The van der Waals surface area contributed by atoms with Crippen LogP contribution < -0.4 is 14.8 Å². The largest absolute Gasteiger partial charge is 0.496 e. The number of rotatable bonds is 6. The van der Waals surface area contributed by atoms with Gasteiger partial charge in [0.25, 0.3) is 5.91 Å². The van der Waals surface area contributed by atoms with Crippen LogP contribution in [0.1, 0.15) is 35.7 Å². The van der Waals surface area contributed by atoms with Crippen LogP contribution in [0, 0.1) is 0 Å². The number of halogens is 2. The zero-order chi connectivity index (χ0) is 23.5. The lowest BCUT2D eigenvalue weighted by molar-refractivity contribution is 0.102. The molecule has 3 aromatic carbocycles. The van der Waals surface area contributed by atoms with Gasteiger partial charge in [-0.2, -0.15) is 0 Å². The van der Waals surface area contributed by atoms with Gasteiger partial charge in [-0.1, -0.05) is 49.2 Å². The summed E-state index contributed by atoms with van der Waals surface area (Å²) in [4.78, 5) is 17.2. The van der Waals surface area contributed by atoms with Crippen molar-refractivity contribution in [3.63, 3.8) is 0 Å². The van der Waals surface area contributed by atoms with Gasteiger partial charge >= 0.3 is 0 Å². The van der Waals surface area contributed by atoms with Gasteiger partial charge in [0.1, 0.15) is 11.5 Å². The number of anilines is 1. The van der Waals surface area contributed by atoms with E-state index in [1.807, 2.05) is 36.4 Å². The second-order valence-electron chi connectivity index (χ2n) is 7.76. The molecule has 1 aromatic heterocycles. The van der Waals surface area contributed by atoms with Crippen molar-refractivity contribution in [2.45, 2.75) is 19.8 Å². The molecule has 0 spiro atoms. The average Bonchev–Trinajstić information content (AvgIpc) is 2.81. The predicted molar refractivity (Wildman–Crippen MR) is 133 cm³/mol. The molecule has 1 amide bonds. The number of benzene rings is 3. The molecule has 0 unspecified atom stereocenters. The van der Waals surface area contributed by atoms with E-state index in [-0.39, 0.29) is 28.2 Å². The number of aromatic nitrogens is 1. The number of carbonyl (C=O) groups excluding carboxylic acids is 1. The Bertz CT molecular complexity index is 1330. The summed E-state index contributed by atoms with van der Waals surface area (Å²) in [6, 6.07) is 16.1. The van der Waals surface area contributed by atoms with Crippen molar-refractivity contribution in [2.75, 3.05) is 12.4 Å². The van der Waals surface area contributed by atoms with Gasteiger partial charge < -0.3 is 14.8 Å². The molecule has 1 N–H and O–H groups in total. The molecule has 0 saturated carbocycles. The number of carbonyl (C=O) groups is 1. The molecule has 4 rings (SSSR count). The number of nitrogens with one attached hydrogen (secondary N) is 1. The molecule has 0 aliphatic carbocycles. The van der Waals surface area contributed by atoms with Crippen LogP contribution in [-0.2, 0) is 0 Å². The maximum Gasteiger partial charge on any atom is 0.257 e. The van der Waals surface area contributed by atoms with Gasteiger partial charge in [0, 0.05) is 34.4 Å². The van der Waals surface area contributed by atoms with Crippen LogP contribution in [0.15, 0.2) is 67.0 Å². The number of fused-ring (bicyclic) bond motifs is 1. The zero-order valence-corrected chi connectivity index (χ0v) is 19.9. The monoisotopic (exact) mass is 480 g/mol. The number of nitrogens with zero attached hydrogens (tertiary/aromatic N) is 1. The van der Waals surface area contributed by atoms with Crippen LogP contribution in [0.2, 0.25) is 10.0 Å². The number of hydrogen-bond acceptors (Lipinski definition) is 4. The minimum atomic E-state index is -0.372. The summed E-state index contributed by atoms with van der Waals surface area (Å²) in [5.41, 5.74) is 1.89. The minimum absolute atomic E-state index is 0.129. The Kier molecular flexibility index (Phi) is 6.72. The summed E-state index contributed by atoms with van der Waals surface area (Å²) in [7, 11) is 1.63. The lowest BCUT2D eigenvalue weighted by Gasteiger charge is -2.16. The average molecular weight is 481 g/mol. The fraction of sp³-hybridized carbons (Fsp3) is 0.154. The quantitative estimate of drug-likeness (QED) is 0.306. The maximum absolute atomic E-state index is 13.1. The molecule has 168 valence electrons. The van der Waals surface area contributed by atoms with E-state index in [2.05, 4.69) is 24.1 Å². The molecule has 1 heterocycles. The van der Waals surface area contributed by atoms with Gasteiger partial charge in [-0.15, -0.1) is 0 Å². The summed E-state index contributed by atoms with van der Waals surface area (Å²) in [5.74, 6) is 1.38. The van der Waals surface area contributed by atoms with Gasteiger partial charge in [-0.25, -0.2) is 0 Å². The molecule has 7 heteroatoms. The number of amides is 1. The van der Waals surface area contributed by atoms with Gasteiger partial charge in [0.15, 0.2) is 5.75 Å². The van der Waals surface area contributed by atoms with E-state index in [4.69, 9.17) is 32.7 Å². The van der Waals surface area contributed by atoms with Crippen molar-refractivity contribution in [1.29, 1.82) is 0 Å². The molecule has 0 saturated heterocycles. The number of ether oxygens (including phenoxy) is 2. The first-order valence-electron chi connectivity index (χ1n) is 10.4. The highest BCUT2D eigenvalue weighted by Gasteiger charge is 2.20.